The Morgan fingerprint density at radius 2 is 1.85 bits per heavy atom. The highest BCUT2D eigenvalue weighted by Crippen LogP contribution is 2.19. The van der Waals surface area contributed by atoms with Crippen molar-refractivity contribution in [1.29, 1.82) is 0 Å². The molecule has 2 heterocycles. The molecule has 0 radical (unpaired) electrons. The Hall–Kier alpha value is -1.92. The minimum atomic E-state index is -0.366. The third-order valence-corrected chi connectivity index (χ3v) is 5.02. The lowest BCUT2D eigenvalue weighted by atomic mass is 10.0. The lowest BCUT2D eigenvalue weighted by molar-refractivity contribution is -0.129. The quantitative estimate of drug-likeness (QED) is 0.760. The van der Waals surface area contributed by atoms with Gasteiger partial charge in [0.05, 0.1) is 19.4 Å². The van der Waals surface area contributed by atoms with Crippen LogP contribution in [0.5, 0.6) is 0 Å². The standard InChI is InChI=1S/C20H29N3O3/c1-15(2)12-18-19(24)23(20(25)21-18)14-22-10-8-17(9-11-22)26-13-16-6-4-3-5-7-16/h3-7,15,17-18H,8-14H2,1-2H3,(H,21,25). The summed E-state index contributed by atoms with van der Waals surface area (Å²) >= 11 is 0. The number of likely N-dealkylation sites (tertiary alicyclic amines) is 1. The monoisotopic (exact) mass is 359 g/mol. The average Bonchev–Trinajstić information content (AvgIpc) is 2.89. The Bertz CT molecular complexity index is 612. The van der Waals surface area contributed by atoms with E-state index in [0.717, 1.165) is 25.9 Å². The predicted molar refractivity (Wildman–Crippen MR) is 99.3 cm³/mol. The number of carbonyl (C=O) groups is 2. The first-order valence-electron chi connectivity index (χ1n) is 9.52. The fourth-order valence-corrected chi connectivity index (χ4v) is 3.55. The van der Waals surface area contributed by atoms with Gasteiger partial charge in [-0.05, 0) is 30.7 Å². The van der Waals surface area contributed by atoms with E-state index < -0.39 is 0 Å². The van der Waals surface area contributed by atoms with Crippen LogP contribution < -0.4 is 5.32 Å². The number of carbonyl (C=O) groups excluding carboxylic acids is 2. The molecule has 6 heteroatoms. The first-order valence-corrected chi connectivity index (χ1v) is 9.52. The number of urea groups is 1. The molecule has 1 N–H and O–H groups in total. The van der Waals surface area contributed by atoms with Gasteiger partial charge in [-0.15, -0.1) is 0 Å². The molecule has 0 spiro atoms. The van der Waals surface area contributed by atoms with Crippen molar-refractivity contribution in [3.8, 4) is 0 Å². The number of amides is 3. The fourth-order valence-electron chi connectivity index (χ4n) is 3.55. The number of hydrogen-bond acceptors (Lipinski definition) is 4. The smallest absolute Gasteiger partial charge is 0.325 e. The van der Waals surface area contributed by atoms with Gasteiger partial charge in [-0.3, -0.25) is 9.69 Å². The van der Waals surface area contributed by atoms with Gasteiger partial charge in [0.1, 0.15) is 6.04 Å². The van der Waals surface area contributed by atoms with Crippen LogP contribution in [-0.4, -0.2) is 53.6 Å². The van der Waals surface area contributed by atoms with Crippen LogP contribution in [-0.2, 0) is 16.1 Å². The van der Waals surface area contributed by atoms with Crippen LogP contribution in [0.1, 0.15) is 38.7 Å². The van der Waals surface area contributed by atoms with Gasteiger partial charge in [0.15, 0.2) is 0 Å². The molecule has 1 aromatic rings. The molecule has 1 unspecified atom stereocenters. The Morgan fingerprint density at radius 3 is 2.50 bits per heavy atom. The molecule has 1 atom stereocenters. The van der Waals surface area contributed by atoms with Crippen molar-refractivity contribution in [3.63, 3.8) is 0 Å². The highest BCUT2D eigenvalue weighted by Gasteiger charge is 2.39. The van der Waals surface area contributed by atoms with Crippen LogP contribution in [0.15, 0.2) is 30.3 Å². The lowest BCUT2D eigenvalue weighted by Gasteiger charge is -2.33. The SMILES string of the molecule is CC(C)CC1NC(=O)N(CN2CCC(OCc3ccccc3)CC2)C1=O. The molecule has 26 heavy (non-hydrogen) atoms. The van der Waals surface area contributed by atoms with Gasteiger partial charge in [-0.2, -0.15) is 0 Å². The molecule has 142 valence electrons. The summed E-state index contributed by atoms with van der Waals surface area (Å²) in [7, 11) is 0. The number of nitrogens with zero attached hydrogens (tertiary/aromatic N) is 2. The van der Waals surface area contributed by atoms with Crippen molar-refractivity contribution in [1.82, 2.24) is 15.1 Å². The Labute approximate surface area is 155 Å². The van der Waals surface area contributed by atoms with E-state index in [1.807, 2.05) is 18.2 Å². The van der Waals surface area contributed by atoms with Crippen molar-refractivity contribution in [2.45, 2.75) is 51.9 Å². The third kappa shape index (κ3) is 4.83. The lowest BCUT2D eigenvalue weighted by Crippen LogP contribution is -2.46. The minimum Gasteiger partial charge on any atom is -0.373 e. The third-order valence-electron chi connectivity index (χ3n) is 5.02. The number of benzene rings is 1. The van der Waals surface area contributed by atoms with E-state index >= 15 is 0 Å². The predicted octanol–water partition coefficient (Wildman–Crippen LogP) is 2.59. The molecule has 2 saturated heterocycles. The largest absolute Gasteiger partial charge is 0.373 e. The molecule has 1 aromatic carbocycles. The van der Waals surface area contributed by atoms with Gasteiger partial charge in [0.25, 0.3) is 5.91 Å². The number of hydrogen-bond donors (Lipinski definition) is 1. The zero-order valence-corrected chi connectivity index (χ0v) is 15.7. The maximum Gasteiger partial charge on any atom is 0.325 e. The summed E-state index contributed by atoms with van der Waals surface area (Å²) in [5.41, 5.74) is 1.19. The Morgan fingerprint density at radius 1 is 1.15 bits per heavy atom. The Kier molecular flexibility index (Phi) is 6.27. The molecule has 0 bridgehead atoms. The van der Waals surface area contributed by atoms with Gasteiger partial charge in [-0.25, -0.2) is 9.69 Å². The molecule has 2 aliphatic heterocycles. The topological polar surface area (TPSA) is 61.9 Å². The highest BCUT2D eigenvalue weighted by atomic mass is 16.5. The summed E-state index contributed by atoms with van der Waals surface area (Å²) in [5, 5.41) is 2.81. The van der Waals surface area contributed by atoms with E-state index in [9.17, 15) is 9.59 Å². The zero-order chi connectivity index (χ0) is 18.5. The molecule has 3 amide bonds. The van der Waals surface area contributed by atoms with Crippen molar-refractivity contribution in [3.05, 3.63) is 35.9 Å². The van der Waals surface area contributed by atoms with Gasteiger partial charge in [0, 0.05) is 13.1 Å². The number of ether oxygens (including phenoxy) is 1. The van der Waals surface area contributed by atoms with E-state index in [4.69, 9.17) is 4.74 Å². The summed E-state index contributed by atoms with van der Waals surface area (Å²) in [6.45, 7) is 6.81. The summed E-state index contributed by atoms with van der Waals surface area (Å²) in [4.78, 5) is 28.1. The van der Waals surface area contributed by atoms with Gasteiger partial charge in [0.2, 0.25) is 0 Å². The first-order chi connectivity index (χ1) is 12.5. The van der Waals surface area contributed by atoms with Gasteiger partial charge < -0.3 is 10.1 Å². The van der Waals surface area contributed by atoms with E-state index in [1.165, 1.54) is 10.5 Å². The number of piperidine rings is 1. The summed E-state index contributed by atoms with van der Waals surface area (Å²) in [6, 6.07) is 9.56. The summed E-state index contributed by atoms with van der Waals surface area (Å²) in [6.07, 6.45) is 2.78. The molecule has 2 fully saturated rings. The van der Waals surface area contributed by atoms with E-state index in [1.54, 1.807) is 0 Å². The maximum absolute atomic E-state index is 12.4. The van der Waals surface area contributed by atoms with Crippen LogP contribution in [0.4, 0.5) is 4.79 Å². The second kappa shape index (κ2) is 8.64. The first kappa shape index (κ1) is 18.9. The number of nitrogens with one attached hydrogen (secondary N) is 1. The molecular weight excluding hydrogens is 330 g/mol. The molecule has 3 rings (SSSR count). The van der Waals surface area contributed by atoms with Gasteiger partial charge >= 0.3 is 6.03 Å². The maximum atomic E-state index is 12.4. The molecule has 0 aliphatic carbocycles. The van der Waals surface area contributed by atoms with Crippen LogP contribution >= 0.6 is 0 Å². The number of rotatable bonds is 7. The van der Waals surface area contributed by atoms with Crippen LogP contribution in [0, 0.1) is 5.92 Å². The van der Waals surface area contributed by atoms with Crippen molar-refractivity contribution < 1.29 is 14.3 Å². The average molecular weight is 359 g/mol. The Balaban J connectivity index is 1.42. The molecule has 0 saturated carbocycles. The fraction of sp³-hybridized carbons (Fsp3) is 0.600. The molecule has 6 nitrogen and oxygen atoms in total. The van der Waals surface area contributed by atoms with Gasteiger partial charge in [-0.1, -0.05) is 44.2 Å². The molecule has 0 aromatic heterocycles. The zero-order valence-electron chi connectivity index (χ0n) is 15.7. The summed E-state index contributed by atoms with van der Waals surface area (Å²) < 4.78 is 6.00. The second-order valence-electron chi connectivity index (χ2n) is 7.65. The van der Waals surface area contributed by atoms with Crippen LogP contribution in [0.3, 0.4) is 0 Å². The van der Waals surface area contributed by atoms with Crippen molar-refractivity contribution in [2.75, 3.05) is 19.8 Å². The molecular formula is C20H29N3O3. The van der Waals surface area contributed by atoms with Crippen LogP contribution in [0.2, 0.25) is 0 Å². The second-order valence-corrected chi connectivity index (χ2v) is 7.65. The van der Waals surface area contributed by atoms with Crippen molar-refractivity contribution in [2.24, 2.45) is 5.92 Å². The normalized spacial score (nSPS) is 22.3. The van der Waals surface area contributed by atoms with Crippen LogP contribution in [0.25, 0.3) is 0 Å². The van der Waals surface area contributed by atoms with E-state index in [2.05, 4.69) is 36.2 Å². The van der Waals surface area contributed by atoms with Crippen molar-refractivity contribution >= 4 is 11.9 Å². The molecule has 2 aliphatic rings. The summed E-state index contributed by atoms with van der Waals surface area (Å²) in [5.74, 6) is 0.285. The number of imide groups is 1. The highest BCUT2D eigenvalue weighted by molar-refractivity contribution is 6.04. The minimum absolute atomic E-state index is 0.0915. The van der Waals surface area contributed by atoms with E-state index in [0.29, 0.717) is 25.6 Å². The van der Waals surface area contributed by atoms with E-state index in [-0.39, 0.29) is 24.1 Å².